The van der Waals surface area contributed by atoms with Gasteiger partial charge in [-0.1, -0.05) is 20.8 Å². The largest absolute Gasteiger partial charge is 0.452 e. The Hall–Kier alpha value is -3.01. The topological polar surface area (TPSA) is 132 Å². The van der Waals surface area contributed by atoms with E-state index in [4.69, 9.17) is 9.47 Å². The lowest BCUT2D eigenvalue weighted by Crippen LogP contribution is -2.34. The predicted molar refractivity (Wildman–Crippen MR) is 119 cm³/mol. The fourth-order valence-electron chi connectivity index (χ4n) is 4.72. The van der Waals surface area contributed by atoms with Crippen molar-refractivity contribution in [2.24, 2.45) is 21.8 Å². The Kier molecular flexibility index (Phi) is 6.82. The summed E-state index contributed by atoms with van der Waals surface area (Å²) in [6.45, 7) is 6.90. The third-order valence-electron chi connectivity index (χ3n) is 7.21. The summed E-state index contributed by atoms with van der Waals surface area (Å²) in [7, 11) is 1.52. The number of hydrogen-bond acceptors (Lipinski definition) is 8. The van der Waals surface area contributed by atoms with E-state index in [1.54, 1.807) is 0 Å². The number of benzene rings is 1. The number of anilines is 1. The third kappa shape index (κ3) is 4.45. The van der Waals surface area contributed by atoms with Crippen LogP contribution in [0.3, 0.4) is 0 Å². The molecule has 10 heteroatoms. The van der Waals surface area contributed by atoms with Gasteiger partial charge in [0, 0.05) is 30.8 Å². The van der Waals surface area contributed by atoms with E-state index in [2.05, 4.69) is 36.6 Å². The van der Waals surface area contributed by atoms with Crippen LogP contribution in [-0.2, 0) is 14.3 Å². The first kappa shape index (κ1) is 23.6. The third-order valence-corrected chi connectivity index (χ3v) is 7.21. The molecule has 1 aromatic carbocycles. The van der Waals surface area contributed by atoms with Crippen molar-refractivity contribution >= 4 is 29.0 Å². The molecule has 0 spiro atoms. The number of fused-ring (bicyclic) bond motifs is 2. The summed E-state index contributed by atoms with van der Waals surface area (Å²) in [6, 6.07) is 3.95. The average molecular weight is 447 g/mol. The maximum Gasteiger partial charge on any atom is 0.338 e. The molecule has 3 rings (SSSR count). The fraction of sp³-hybridized carbons (Fsp3) is 0.591. The number of amides is 1. The summed E-state index contributed by atoms with van der Waals surface area (Å²) in [6.07, 6.45) is 3.07. The van der Waals surface area contributed by atoms with Gasteiger partial charge in [-0.2, -0.15) is 5.10 Å². The number of carbonyl (C=O) groups excluding carboxylic acids is 2. The Morgan fingerprint density at radius 2 is 2.06 bits per heavy atom. The van der Waals surface area contributed by atoms with Crippen molar-refractivity contribution in [2.45, 2.75) is 40.0 Å². The Morgan fingerprint density at radius 3 is 2.66 bits per heavy atom. The number of nitrogens with zero attached hydrogens (tertiary/aromatic N) is 2. The van der Waals surface area contributed by atoms with Crippen molar-refractivity contribution in [1.82, 2.24) is 5.43 Å². The molecule has 0 aliphatic heterocycles. The number of nitro benzene ring substituents is 1. The molecule has 0 aromatic heterocycles. The summed E-state index contributed by atoms with van der Waals surface area (Å²) in [5.74, 6) is -0.821. The zero-order valence-electron chi connectivity index (χ0n) is 18.9. The molecule has 2 fully saturated rings. The molecule has 2 unspecified atom stereocenters. The predicted octanol–water partition coefficient (Wildman–Crippen LogP) is 3.13. The number of hydrogen-bond donors (Lipinski definition) is 2. The summed E-state index contributed by atoms with van der Waals surface area (Å²) in [5, 5.41) is 18.5. The first-order valence-corrected chi connectivity index (χ1v) is 10.6. The summed E-state index contributed by atoms with van der Waals surface area (Å²) >= 11 is 0. The Morgan fingerprint density at radius 1 is 1.31 bits per heavy atom. The molecular weight excluding hydrogens is 416 g/mol. The Bertz CT molecular complexity index is 944. The Balaban J connectivity index is 1.57. The molecule has 10 nitrogen and oxygen atoms in total. The molecule has 2 aliphatic carbocycles. The van der Waals surface area contributed by atoms with E-state index >= 15 is 0 Å². The number of methoxy groups -OCH3 is 1. The molecule has 174 valence electrons. The molecule has 2 aliphatic rings. The monoisotopic (exact) mass is 446 g/mol. The molecular formula is C22H30N4O6. The first-order chi connectivity index (χ1) is 15.1. The van der Waals surface area contributed by atoms with E-state index in [0.29, 0.717) is 19.1 Å². The van der Waals surface area contributed by atoms with Crippen LogP contribution in [0, 0.1) is 26.9 Å². The highest BCUT2D eigenvalue weighted by Crippen LogP contribution is 2.63. The van der Waals surface area contributed by atoms with Crippen LogP contribution in [0.25, 0.3) is 0 Å². The molecule has 1 amide bonds. The molecule has 1 aromatic rings. The van der Waals surface area contributed by atoms with E-state index < -0.39 is 23.4 Å². The molecule has 32 heavy (non-hydrogen) atoms. The molecule has 0 radical (unpaired) electrons. The summed E-state index contributed by atoms with van der Waals surface area (Å²) < 4.78 is 9.93. The highest BCUT2D eigenvalue weighted by atomic mass is 16.6. The van der Waals surface area contributed by atoms with Crippen LogP contribution in [0.15, 0.2) is 23.3 Å². The number of hydrazone groups is 1. The van der Waals surface area contributed by atoms with E-state index in [1.165, 1.54) is 25.7 Å². The number of nitrogens with one attached hydrogen (secondary N) is 2. The van der Waals surface area contributed by atoms with E-state index in [-0.39, 0.29) is 27.8 Å². The van der Waals surface area contributed by atoms with Gasteiger partial charge in [-0.25, -0.2) is 10.2 Å². The van der Waals surface area contributed by atoms with Crippen LogP contribution in [0.4, 0.5) is 11.4 Å². The van der Waals surface area contributed by atoms with Gasteiger partial charge in [0.25, 0.3) is 11.6 Å². The first-order valence-electron chi connectivity index (χ1n) is 10.6. The number of nitro groups is 1. The molecule has 2 N–H and O–H groups in total. The van der Waals surface area contributed by atoms with Crippen LogP contribution in [0.2, 0.25) is 0 Å². The highest BCUT2D eigenvalue weighted by Gasteiger charge is 2.60. The van der Waals surface area contributed by atoms with Gasteiger partial charge in [0.15, 0.2) is 6.61 Å². The van der Waals surface area contributed by atoms with Gasteiger partial charge < -0.3 is 14.8 Å². The molecule has 2 bridgehead atoms. The van der Waals surface area contributed by atoms with Crippen molar-refractivity contribution in [3.05, 3.63) is 33.9 Å². The average Bonchev–Trinajstić information content (AvgIpc) is 3.09. The van der Waals surface area contributed by atoms with Crippen molar-refractivity contribution in [3.8, 4) is 0 Å². The molecule has 2 saturated carbocycles. The molecule has 0 heterocycles. The van der Waals surface area contributed by atoms with Gasteiger partial charge >= 0.3 is 5.97 Å². The normalized spacial score (nSPS) is 24.4. The second-order valence-electron chi connectivity index (χ2n) is 9.07. The smallest absolute Gasteiger partial charge is 0.338 e. The van der Waals surface area contributed by atoms with Crippen LogP contribution < -0.4 is 10.7 Å². The SMILES string of the molecule is COCCNc1ccc(C(=O)OCC(=O)N/N=C2\CC3CCC2(C)C3(C)C)cc1[N+](=O)[O-]. The number of carbonyl (C=O) groups is 2. The lowest BCUT2D eigenvalue weighted by atomic mass is 9.70. The van der Waals surface area contributed by atoms with Gasteiger partial charge in [-0.15, -0.1) is 0 Å². The van der Waals surface area contributed by atoms with Gasteiger partial charge in [-0.3, -0.25) is 14.9 Å². The highest BCUT2D eigenvalue weighted by molar-refractivity contribution is 5.96. The number of rotatable bonds is 9. The van der Waals surface area contributed by atoms with Crippen molar-refractivity contribution in [2.75, 3.05) is 32.2 Å². The maximum absolute atomic E-state index is 12.3. The standard InChI is InChI=1S/C22H30N4O6/c1-21(2)15-7-8-22(21,3)18(12-15)24-25-19(27)13-32-20(28)14-5-6-16(23-9-10-31-4)17(11-14)26(29)30/h5-6,11,15,23H,7-10,12-13H2,1-4H3,(H,25,27)/b24-18+. The minimum absolute atomic E-state index is 0.0181. The van der Waals surface area contributed by atoms with Crippen LogP contribution >= 0.6 is 0 Å². The fourth-order valence-corrected chi connectivity index (χ4v) is 4.72. The van der Waals surface area contributed by atoms with Crippen LogP contribution in [0.5, 0.6) is 0 Å². The lowest BCUT2D eigenvalue weighted by molar-refractivity contribution is -0.384. The van der Waals surface area contributed by atoms with Gasteiger partial charge in [0.2, 0.25) is 0 Å². The maximum atomic E-state index is 12.3. The molecule has 2 atom stereocenters. The lowest BCUT2D eigenvalue weighted by Gasteiger charge is -2.34. The molecule has 0 saturated heterocycles. The van der Waals surface area contributed by atoms with Crippen molar-refractivity contribution in [1.29, 1.82) is 0 Å². The zero-order chi connectivity index (χ0) is 23.5. The van der Waals surface area contributed by atoms with E-state index in [1.807, 2.05) is 0 Å². The summed E-state index contributed by atoms with van der Waals surface area (Å²) in [5.41, 5.74) is 3.55. The minimum Gasteiger partial charge on any atom is -0.452 e. The van der Waals surface area contributed by atoms with E-state index in [9.17, 15) is 19.7 Å². The second kappa shape index (κ2) is 9.23. The van der Waals surface area contributed by atoms with Crippen LogP contribution in [0.1, 0.15) is 50.4 Å². The Labute approximate surface area is 186 Å². The van der Waals surface area contributed by atoms with Gasteiger partial charge in [0.1, 0.15) is 5.69 Å². The number of ether oxygens (including phenoxy) is 2. The quantitative estimate of drug-likeness (QED) is 0.258. The van der Waals surface area contributed by atoms with Crippen molar-refractivity contribution < 1.29 is 24.0 Å². The summed E-state index contributed by atoms with van der Waals surface area (Å²) in [4.78, 5) is 35.2. The second-order valence-corrected chi connectivity index (χ2v) is 9.07. The number of esters is 1. The van der Waals surface area contributed by atoms with Crippen LogP contribution in [-0.4, -0.2) is 49.4 Å². The van der Waals surface area contributed by atoms with Gasteiger partial charge in [-0.05, 0) is 42.7 Å². The minimum atomic E-state index is -0.827. The van der Waals surface area contributed by atoms with E-state index in [0.717, 1.165) is 24.6 Å². The zero-order valence-corrected chi connectivity index (χ0v) is 18.9. The van der Waals surface area contributed by atoms with Gasteiger partial charge in [0.05, 0.1) is 17.1 Å². The van der Waals surface area contributed by atoms with Crippen molar-refractivity contribution in [3.63, 3.8) is 0 Å².